The molecule has 2 aromatic rings. The lowest BCUT2D eigenvalue weighted by Crippen LogP contribution is -2.11. The number of ether oxygens (including phenoxy) is 1. The van der Waals surface area contributed by atoms with Crippen LogP contribution in [0.1, 0.15) is 106 Å². The van der Waals surface area contributed by atoms with Crippen LogP contribution in [-0.2, 0) is 6.42 Å². The third kappa shape index (κ3) is 8.51. The number of unbranched alkanes of at least 4 members (excludes halogenated alkanes) is 6. The Morgan fingerprint density at radius 1 is 0.806 bits per heavy atom. The number of rotatable bonds is 16. The van der Waals surface area contributed by atoms with Crippen molar-refractivity contribution < 1.29 is 9.53 Å². The second-order valence-corrected chi connectivity index (χ2v) is 8.73. The van der Waals surface area contributed by atoms with Gasteiger partial charge in [0.05, 0.1) is 12.2 Å². The molecule has 1 unspecified atom stereocenters. The fourth-order valence-corrected chi connectivity index (χ4v) is 4.15. The molecule has 31 heavy (non-hydrogen) atoms. The zero-order valence-electron chi connectivity index (χ0n) is 20.0. The molecule has 0 N–H and O–H groups in total. The molecule has 2 rings (SSSR count). The molecule has 0 bridgehead atoms. The van der Waals surface area contributed by atoms with Gasteiger partial charge in [-0.2, -0.15) is 0 Å². The summed E-state index contributed by atoms with van der Waals surface area (Å²) in [6.45, 7) is 7.45. The number of hydrogen-bond donors (Lipinski definition) is 0. The van der Waals surface area contributed by atoms with Crippen molar-refractivity contribution in [3.63, 3.8) is 0 Å². The third-order valence-electron chi connectivity index (χ3n) is 6.17. The summed E-state index contributed by atoms with van der Waals surface area (Å²) in [5, 5.41) is 0. The average Bonchev–Trinajstić information content (AvgIpc) is 2.81. The Labute approximate surface area is 190 Å². The standard InChI is InChI=1S/C29H42O2/c1-4-7-9-10-11-15-22-31-29-26(23-24(6-3)17-8-5-2)20-16-21-27(29)28(30)25-18-13-12-14-19-25/h12-14,16,18-21,24H,4-11,15,17,22-23H2,1-3H3. The maximum absolute atomic E-state index is 13.3. The van der Waals surface area contributed by atoms with E-state index in [0.717, 1.165) is 30.6 Å². The smallest absolute Gasteiger partial charge is 0.196 e. The Balaban J connectivity index is 2.18. The first-order chi connectivity index (χ1) is 15.2. The van der Waals surface area contributed by atoms with E-state index < -0.39 is 0 Å². The van der Waals surface area contributed by atoms with Crippen LogP contribution in [0.5, 0.6) is 5.75 Å². The van der Waals surface area contributed by atoms with Gasteiger partial charge in [-0.25, -0.2) is 0 Å². The van der Waals surface area contributed by atoms with Crippen LogP contribution in [0.25, 0.3) is 0 Å². The largest absolute Gasteiger partial charge is 0.493 e. The van der Waals surface area contributed by atoms with E-state index in [9.17, 15) is 4.79 Å². The Bertz CT molecular complexity index is 751. The molecular weight excluding hydrogens is 380 g/mol. The van der Waals surface area contributed by atoms with Crippen LogP contribution in [0.3, 0.4) is 0 Å². The predicted molar refractivity (Wildman–Crippen MR) is 132 cm³/mol. The number of ketones is 1. The Morgan fingerprint density at radius 3 is 2.23 bits per heavy atom. The molecule has 1 atom stereocenters. The summed E-state index contributed by atoms with van der Waals surface area (Å²) in [6.07, 6.45) is 13.3. The van der Waals surface area contributed by atoms with Gasteiger partial charge in [0, 0.05) is 5.56 Å². The second-order valence-electron chi connectivity index (χ2n) is 8.73. The molecule has 170 valence electrons. The van der Waals surface area contributed by atoms with Crippen molar-refractivity contribution in [3.05, 3.63) is 65.2 Å². The molecule has 0 aliphatic heterocycles. The highest BCUT2D eigenvalue weighted by molar-refractivity contribution is 6.10. The van der Waals surface area contributed by atoms with E-state index in [1.165, 1.54) is 56.9 Å². The zero-order valence-corrected chi connectivity index (χ0v) is 20.0. The fraction of sp³-hybridized carbons (Fsp3) is 0.552. The van der Waals surface area contributed by atoms with Crippen LogP contribution in [0.15, 0.2) is 48.5 Å². The fourth-order valence-electron chi connectivity index (χ4n) is 4.15. The maximum Gasteiger partial charge on any atom is 0.196 e. The van der Waals surface area contributed by atoms with Gasteiger partial charge in [-0.15, -0.1) is 0 Å². The van der Waals surface area contributed by atoms with Crippen molar-refractivity contribution in [1.82, 2.24) is 0 Å². The van der Waals surface area contributed by atoms with Crippen molar-refractivity contribution in [1.29, 1.82) is 0 Å². The molecule has 2 aromatic carbocycles. The minimum absolute atomic E-state index is 0.0574. The Morgan fingerprint density at radius 2 is 1.52 bits per heavy atom. The monoisotopic (exact) mass is 422 g/mol. The van der Waals surface area contributed by atoms with E-state index in [4.69, 9.17) is 4.74 Å². The third-order valence-corrected chi connectivity index (χ3v) is 6.17. The molecule has 0 saturated carbocycles. The first-order valence-electron chi connectivity index (χ1n) is 12.6. The summed E-state index contributed by atoms with van der Waals surface area (Å²) in [5.41, 5.74) is 2.62. The number of carbonyl (C=O) groups is 1. The van der Waals surface area contributed by atoms with Crippen LogP contribution < -0.4 is 4.74 Å². The number of para-hydroxylation sites is 1. The number of carbonyl (C=O) groups excluding carboxylic acids is 1. The van der Waals surface area contributed by atoms with Crippen LogP contribution in [0, 0.1) is 5.92 Å². The van der Waals surface area contributed by atoms with E-state index in [1.807, 2.05) is 42.5 Å². The summed E-state index contributed by atoms with van der Waals surface area (Å²) >= 11 is 0. The van der Waals surface area contributed by atoms with Crippen LogP contribution in [-0.4, -0.2) is 12.4 Å². The molecule has 0 aliphatic carbocycles. The highest BCUT2D eigenvalue weighted by Crippen LogP contribution is 2.31. The van der Waals surface area contributed by atoms with E-state index in [-0.39, 0.29) is 5.78 Å². The normalized spacial score (nSPS) is 12.0. The summed E-state index contributed by atoms with van der Waals surface area (Å²) in [5.74, 6) is 1.51. The van der Waals surface area contributed by atoms with Gasteiger partial charge in [0.15, 0.2) is 5.78 Å². The summed E-state index contributed by atoms with van der Waals surface area (Å²) in [4.78, 5) is 13.3. The Hall–Kier alpha value is -2.09. The first-order valence-corrected chi connectivity index (χ1v) is 12.6. The Kier molecular flexibility index (Phi) is 12.0. The van der Waals surface area contributed by atoms with Crippen molar-refractivity contribution in [2.75, 3.05) is 6.61 Å². The van der Waals surface area contributed by atoms with Gasteiger partial charge < -0.3 is 4.74 Å². The predicted octanol–water partition coefficient (Wildman–Crippen LogP) is 8.42. The van der Waals surface area contributed by atoms with Crippen LogP contribution in [0.2, 0.25) is 0 Å². The molecule has 0 spiro atoms. The van der Waals surface area contributed by atoms with Gasteiger partial charge in [0.25, 0.3) is 0 Å². The van der Waals surface area contributed by atoms with Crippen molar-refractivity contribution in [2.45, 2.75) is 91.4 Å². The first kappa shape index (κ1) is 25.2. The molecule has 0 saturated heterocycles. The van der Waals surface area contributed by atoms with Crippen molar-refractivity contribution in [3.8, 4) is 5.75 Å². The lowest BCUT2D eigenvalue weighted by atomic mass is 9.90. The quantitative estimate of drug-likeness (QED) is 0.200. The SMILES string of the molecule is CCCCCCCCOc1c(CC(CC)CCCC)cccc1C(=O)c1ccccc1. The average molecular weight is 423 g/mol. The number of hydrogen-bond acceptors (Lipinski definition) is 2. The van der Waals surface area contributed by atoms with E-state index in [1.54, 1.807) is 0 Å². The lowest BCUT2D eigenvalue weighted by molar-refractivity contribution is 0.103. The molecule has 0 heterocycles. The van der Waals surface area contributed by atoms with Crippen molar-refractivity contribution >= 4 is 5.78 Å². The lowest BCUT2D eigenvalue weighted by Gasteiger charge is -2.20. The molecule has 2 nitrogen and oxygen atoms in total. The summed E-state index contributed by atoms with van der Waals surface area (Å²) in [6, 6.07) is 15.7. The molecule has 0 radical (unpaired) electrons. The van der Waals surface area contributed by atoms with Gasteiger partial charge >= 0.3 is 0 Å². The minimum atomic E-state index is 0.0574. The van der Waals surface area contributed by atoms with Gasteiger partial charge in [0.1, 0.15) is 5.75 Å². The summed E-state index contributed by atoms with van der Waals surface area (Å²) in [7, 11) is 0. The van der Waals surface area contributed by atoms with Gasteiger partial charge in [-0.1, -0.05) is 121 Å². The van der Waals surface area contributed by atoms with Gasteiger partial charge in [-0.3, -0.25) is 4.79 Å². The second kappa shape index (κ2) is 14.8. The van der Waals surface area contributed by atoms with Gasteiger partial charge in [-0.05, 0) is 30.4 Å². The zero-order chi connectivity index (χ0) is 22.3. The highest BCUT2D eigenvalue weighted by atomic mass is 16.5. The molecule has 2 heteroatoms. The molecular formula is C29H42O2. The number of benzene rings is 2. The van der Waals surface area contributed by atoms with Gasteiger partial charge in [0.2, 0.25) is 0 Å². The van der Waals surface area contributed by atoms with Crippen LogP contribution >= 0.6 is 0 Å². The molecule has 0 amide bonds. The van der Waals surface area contributed by atoms with Crippen LogP contribution in [0.4, 0.5) is 0 Å². The van der Waals surface area contributed by atoms with E-state index in [2.05, 4.69) is 26.8 Å². The highest BCUT2D eigenvalue weighted by Gasteiger charge is 2.19. The van der Waals surface area contributed by atoms with E-state index >= 15 is 0 Å². The maximum atomic E-state index is 13.3. The molecule has 0 aromatic heterocycles. The molecule has 0 fully saturated rings. The molecule has 0 aliphatic rings. The summed E-state index contributed by atoms with van der Waals surface area (Å²) < 4.78 is 6.35. The van der Waals surface area contributed by atoms with Crippen molar-refractivity contribution in [2.24, 2.45) is 5.92 Å². The topological polar surface area (TPSA) is 26.3 Å². The van der Waals surface area contributed by atoms with E-state index in [0.29, 0.717) is 18.1 Å². The minimum Gasteiger partial charge on any atom is -0.493 e.